The minimum absolute atomic E-state index is 0.125. The van der Waals surface area contributed by atoms with E-state index in [0.29, 0.717) is 0 Å². The number of fused-ring (bicyclic) bond motifs is 16. The van der Waals surface area contributed by atoms with E-state index >= 15 is 0 Å². The van der Waals surface area contributed by atoms with Crippen LogP contribution in [0.1, 0.15) is 16.7 Å². The number of ether oxygens (including phenoxy) is 8. The van der Waals surface area contributed by atoms with Crippen LogP contribution in [0.3, 0.4) is 0 Å². The summed E-state index contributed by atoms with van der Waals surface area (Å²) in [7, 11) is 0.178. The molecule has 20 heterocycles. The van der Waals surface area contributed by atoms with Crippen molar-refractivity contribution in [3.05, 3.63) is 314 Å². The fourth-order valence-electron chi connectivity index (χ4n) is 27.6. The first-order chi connectivity index (χ1) is 62.7. The van der Waals surface area contributed by atoms with Gasteiger partial charge in [0.1, 0.15) is 69.0 Å². The molecule has 16 aliphatic heterocycles. The number of anilines is 1. The van der Waals surface area contributed by atoms with Crippen molar-refractivity contribution in [3.63, 3.8) is 0 Å². The van der Waals surface area contributed by atoms with E-state index in [1.54, 1.807) is 5.30 Å². The maximum atomic E-state index is 6.61. The van der Waals surface area contributed by atoms with Gasteiger partial charge in [0.2, 0.25) is 0 Å². The Morgan fingerprint density at radius 2 is 0.622 bits per heavy atom. The molecule has 584 valence electrons. The normalized spacial score (nSPS) is 16.1. The quantitative estimate of drug-likeness (QED) is 0.137. The zero-order valence-corrected chi connectivity index (χ0v) is 69.7. The van der Waals surface area contributed by atoms with Crippen LogP contribution >= 0.6 is 6.39 Å². The van der Waals surface area contributed by atoms with Gasteiger partial charge in [-0.15, -0.1) is 0 Å². The minimum atomic E-state index is -2.13. The van der Waals surface area contributed by atoms with E-state index in [1.165, 1.54) is 181 Å². The average molecular weight is 1640 g/mol. The third-order valence-corrected chi connectivity index (χ3v) is 40.8. The van der Waals surface area contributed by atoms with Gasteiger partial charge in [0.25, 0.3) is 20.1 Å². The molecule has 0 spiro atoms. The zero-order valence-electron chi connectivity index (χ0n) is 68.8. The van der Waals surface area contributed by atoms with Crippen molar-refractivity contribution in [3.8, 4) is 115 Å². The third-order valence-electron chi connectivity index (χ3n) is 32.4. The summed E-state index contributed by atoms with van der Waals surface area (Å²) in [6.07, 6.45) is 0.747. The van der Waals surface area contributed by atoms with E-state index in [0.717, 1.165) is 127 Å². The number of para-hydroxylation sites is 4. The van der Waals surface area contributed by atoms with Crippen molar-refractivity contribution in [1.29, 1.82) is 0 Å². The fraction of sp³-hybridized carbons (Fsp3) is 0.0286. The Balaban J connectivity index is 0.0000000790. The molecule has 0 aliphatic carbocycles. The molecule has 4 fully saturated rings. The molecular weight excluding hydrogens is 1580 g/mol. The van der Waals surface area contributed by atoms with Gasteiger partial charge in [0.15, 0.2) is 0 Å². The maximum absolute atomic E-state index is 6.61. The van der Waals surface area contributed by atoms with Crippen molar-refractivity contribution in [2.24, 2.45) is 0 Å². The predicted molar refractivity (Wildman–Crippen MR) is 525 cm³/mol. The third kappa shape index (κ3) is 7.53. The molecule has 0 saturated carbocycles. The average Bonchev–Trinajstić information content (AvgIpc) is 1.35. The van der Waals surface area contributed by atoms with Gasteiger partial charge in [0.05, 0.1) is 33.1 Å². The second kappa shape index (κ2) is 22.2. The topological polar surface area (TPSA) is 106 Å². The zero-order chi connectivity index (χ0) is 82.1. The van der Waals surface area contributed by atoms with Gasteiger partial charge in [-0.05, 0) is 179 Å². The molecule has 13 nitrogen and oxygen atoms in total. The van der Waals surface area contributed by atoms with Crippen LogP contribution in [0.25, 0.3) is 110 Å². The van der Waals surface area contributed by atoms with E-state index in [2.05, 4.69) is 323 Å². The van der Waals surface area contributed by atoms with E-state index < -0.39 is 6.39 Å². The van der Waals surface area contributed by atoms with Crippen molar-refractivity contribution >= 4 is 223 Å². The number of nitrogens with one attached hydrogen (secondary N) is 1. The first kappa shape index (κ1) is 66.6. The van der Waals surface area contributed by atoms with E-state index in [9.17, 15) is 0 Å². The molecule has 4 aromatic heterocycles. The van der Waals surface area contributed by atoms with Crippen LogP contribution in [0, 0.1) is 20.8 Å². The molecule has 2 bridgehead atoms. The molecule has 0 radical (unpaired) electrons. The van der Waals surface area contributed by atoms with Crippen LogP contribution < -0.4 is 114 Å². The van der Waals surface area contributed by atoms with Gasteiger partial charge in [-0.1, -0.05) is 91.0 Å². The number of hydrogen-bond donors (Lipinski definition) is 1. The summed E-state index contributed by atoms with van der Waals surface area (Å²) in [5.74, 6) is 15.0. The van der Waals surface area contributed by atoms with Gasteiger partial charge < -0.3 is 42.1 Å². The number of benzene rings is 17. The SMILES string of the molecule is Cc1cc2c3c4c1c1ccccc1n4-c1cccc4c1B3c1c(cccc1O2)O4.Cc1cc2c3ccccc3n3c2c2c1Oc1cccc4c1B2c1c(cccc1-3)O4.Cc1ccc2c3c1Oc1ccc4c5ccccc5n5c4c1B3c1c(cccc1-5)O2.[BH2-]1B2B3B1P23(Nc1ccccc1)c1cccc2c1c1ccc3c4c1n2-c1cccc2c1B4c1c(cccc1O3)O2. The van der Waals surface area contributed by atoms with Crippen molar-refractivity contribution in [2.75, 3.05) is 5.09 Å². The van der Waals surface area contributed by atoms with Crippen molar-refractivity contribution < 1.29 is 37.9 Å². The summed E-state index contributed by atoms with van der Waals surface area (Å²) in [6.45, 7) is 7.02. The molecule has 16 aliphatic rings. The van der Waals surface area contributed by atoms with Crippen molar-refractivity contribution in [1.82, 2.24) is 18.3 Å². The van der Waals surface area contributed by atoms with Gasteiger partial charge in [0, 0.05) is 65.8 Å². The molecule has 0 atom stereocenters. The number of aryl methyl sites for hydroxylation is 3. The number of aromatic nitrogens is 4. The van der Waals surface area contributed by atoms with E-state index in [-0.39, 0.29) is 33.9 Å². The van der Waals surface area contributed by atoms with Crippen LogP contribution in [0.15, 0.2) is 297 Å². The van der Waals surface area contributed by atoms with Crippen LogP contribution in [-0.4, -0.2) is 70.8 Å². The number of rotatable bonds is 3. The molecule has 0 unspecified atom stereocenters. The second-order valence-electron chi connectivity index (χ2n) is 37.5. The Hall–Kier alpha value is -14.9. The van der Waals surface area contributed by atoms with E-state index in [1.807, 2.05) is 18.2 Å². The first-order valence-corrected chi connectivity index (χ1v) is 47.1. The molecule has 127 heavy (non-hydrogen) atoms. The molecule has 21 aromatic rings. The summed E-state index contributed by atoms with van der Waals surface area (Å²) in [5.41, 5.74) is 34.7. The van der Waals surface area contributed by atoms with Crippen LogP contribution in [0.5, 0.6) is 92.0 Å². The van der Waals surface area contributed by atoms with Crippen LogP contribution in [0.4, 0.5) is 5.69 Å². The number of nitrogens with zero attached hydrogens (tertiary/aromatic N) is 4. The molecule has 37 rings (SSSR count). The summed E-state index contributed by atoms with van der Waals surface area (Å²) in [4.78, 5) is 0. The monoisotopic (exact) mass is 1640 g/mol. The van der Waals surface area contributed by atoms with Crippen LogP contribution in [0.2, 0.25) is 0 Å². The summed E-state index contributed by atoms with van der Waals surface area (Å²) in [6, 6.07) is 106. The summed E-state index contributed by atoms with van der Waals surface area (Å²) < 4.78 is 61.5. The van der Waals surface area contributed by atoms with Gasteiger partial charge >= 0.3 is 233 Å². The first-order valence-electron chi connectivity index (χ1n) is 44.7. The van der Waals surface area contributed by atoms with Gasteiger partial charge in [-0.3, -0.25) is 0 Å². The Morgan fingerprint density at radius 3 is 1.17 bits per heavy atom. The molecule has 22 heteroatoms. The molecule has 17 aromatic carbocycles. The molecular formula is C105H61B8N5O8P-. The predicted octanol–water partition coefficient (Wildman–Crippen LogP) is 15.8. The molecule has 0 amide bonds. The van der Waals surface area contributed by atoms with Crippen LogP contribution in [-0.2, 0) is 0 Å². The summed E-state index contributed by atoms with van der Waals surface area (Å²) >= 11 is 0. The molecule has 4 saturated heterocycles. The Morgan fingerprint density at radius 1 is 0.252 bits per heavy atom. The standard InChI is InChI=1S/C30H19B5N2O2P.3C25H14BNO2/c1-2-7-17(8-3-1)36-40(33-31-34(40)35(33)40)25-14-5-9-19-26(25)18-15-16-24-29-30(18)37(19)20-10-4-11-21-27(20)32(29)28-22(38-21)12-6-13-23(28)39-24;1-13-12-15-14-6-2-3-7-16(14)27-17-8-4-9-18-21(17)26-22-19(28-18)10-5-11-20(22)29-25(13)23(26)24(15)27;1-13-12-20-24-25-21(13)14-6-2-3-7-15(14)27(25)16-8-4-9-17-22(16)26(24)23-18(28-17)10-5-11-19(23)29-20;1-13-9-11-20-23-25(13)29-19-12-10-15-14-5-2-3-6-16(14)27-17-7-4-8-18(28-20)21(17)26(23)22(19)24(15)27/h1-16,36H,31H2;3*2-12H,1H3/q-1;;;. The second-order valence-corrected chi connectivity index (χ2v) is 43.1. The van der Waals surface area contributed by atoms with Gasteiger partial charge in [-0.25, -0.2) is 0 Å². The Bertz CT molecular complexity index is 9010. The molecule has 1 N–H and O–H groups in total. The Kier molecular flexibility index (Phi) is 11.7. The van der Waals surface area contributed by atoms with Gasteiger partial charge in [-0.2, -0.15) is 0 Å². The Labute approximate surface area is 728 Å². The van der Waals surface area contributed by atoms with Crippen molar-refractivity contribution in [2.45, 2.75) is 20.8 Å². The number of hydrogen-bond acceptors (Lipinski definition) is 9. The fourth-order valence-corrected chi connectivity index (χ4v) is 38.0. The summed E-state index contributed by atoms with van der Waals surface area (Å²) in [5, 5.41) is 16.6. The van der Waals surface area contributed by atoms with E-state index in [4.69, 9.17) is 37.9 Å².